The van der Waals surface area contributed by atoms with E-state index in [1.165, 1.54) is 27.3 Å². The summed E-state index contributed by atoms with van der Waals surface area (Å²) in [6.45, 7) is 16.8. The highest BCUT2D eigenvalue weighted by Gasteiger charge is 2.48. The van der Waals surface area contributed by atoms with E-state index in [2.05, 4.69) is 66.9 Å². The molecule has 1 aromatic carbocycles. The first-order valence-corrected chi connectivity index (χ1v) is 25.2. The highest BCUT2D eigenvalue weighted by atomic mass is 32.1. The molecule has 3 aliphatic rings. The van der Waals surface area contributed by atoms with Crippen LogP contribution in [0.3, 0.4) is 0 Å². The molecule has 0 spiro atoms. The van der Waals surface area contributed by atoms with E-state index < -0.39 is 40.4 Å². The van der Waals surface area contributed by atoms with Gasteiger partial charge in [0, 0.05) is 97.0 Å². The van der Waals surface area contributed by atoms with Crippen molar-refractivity contribution in [2.45, 2.75) is 116 Å². The zero-order chi connectivity index (χ0) is 48.7. The average Bonchev–Trinajstić information content (AvgIpc) is 3.88. The standard InChI is InChI=1S/C49H67N9O7SSi/c1-12-40(59)54(8)37-24-38(37)55(9)47(63)56(10)42(28(3)4)44(60)52-34-23-39-51-35(26-66-39)30-17-18-36-32(22-30)33(43(57(36)13-2)31-16-14-20-50-41(31)29(5)64-11)25-48(6,7)27-65-46(62)49(67)19-15-21-58(53-49)45(34)61/h12,14,16-18,20,22,26,28-29,34,37-38,42,53H,1,13,15,19,21,23-25,27H2,2-11,67H3,(H,52,60)/t29-,34-,37+,38+,42-,49-/m0/s1. The molecule has 1 aliphatic carbocycles. The quantitative estimate of drug-likeness (QED) is 0.122. The number of fused-ring (bicyclic) bond motifs is 6. The Balaban J connectivity index is 1.27. The maximum atomic E-state index is 14.8. The third-order valence-electron chi connectivity index (χ3n) is 13.7. The first kappa shape index (κ1) is 49.5. The van der Waals surface area contributed by atoms with Crippen LogP contribution in [0.4, 0.5) is 4.79 Å². The number of methoxy groups -OCH3 is 1. The monoisotopic (exact) mass is 953 g/mol. The first-order valence-electron chi connectivity index (χ1n) is 23.3. The summed E-state index contributed by atoms with van der Waals surface area (Å²) >= 11 is 1.41. The van der Waals surface area contributed by atoms with Gasteiger partial charge >= 0.3 is 12.0 Å². The molecule has 16 nitrogen and oxygen atoms in total. The van der Waals surface area contributed by atoms with Crippen molar-refractivity contribution >= 4 is 62.2 Å². The number of urea groups is 1. The van der Waals surface area contributed by atoms with Crippen LogP contribution >= 0.6 is 11.3 Å². The minimum Gasteiger partial charge on any atom is -0.464 e. The van der Waals surface area contributed by atoms with Gasteiger partial charge in [-0.05, 0) is 81.4 Å². The van der Waals surface area contributed by atoms with E-state index in [0.29, 0.717) is 54.0 Å². The van der Waals surface area contributed by atoms with E-state index in [1.807, 2.05) is 32.2 Å². The number of carbonyl (C=O) groups excluding carboxylic acids is 5. The molecule has 6 bridgehead atoms. The molecule has 5 amide bonds. The maximum absolute atomic E-state index is 14.8. The van der Waals surface area contributed by atoms with E-state index in [1.54, 1.807) is 44.2 Å². The van der Waals surface area contributed by atoms with Crippen molar-refractivity contribution in [3.63, 3.8) is 0 Å². The Morgan fingerprint density at radius 1 is 1.13 bits per heavy atom. The number of carbonyl (C=O) groups is 5. The van der Waals surface area contributed by atoms with Gasteiger partial charge in [0.2, 0.25) is 11.8 Å². The lowest BCUT2D eigenvalue weighted by molar-refractivity contribution is -0.158. The number of hydrazine groups is 1. The van der Waals surface area contributed by atoms with Crippen LogP contribution in [0.5, 0.6) is 0 Å². The molecule has 360 valence electrons. The molecule has 0 radical (unpaired) electrons. The molecule has 18 heteroatoms. The van der Waals surface area contributed by atoms with Gasteiger partial charge in [-0.1, -0.05) is 40.3 Å². The number of rotatable bonds is 11. The number of cyclic esters (lactones) is 1. The normalized spacial score (nSPS) is 22.7. The van der Waals surface area contributed by atoms with E-state index in [0.717, 1.165) is 44.7 Å². The van der Waals surface area contributed by atoms with Gasteiger partial charge in [0.25, 0.3) is 5.91 Å². The molecular weight excluding hydrogens is 887 g/mol. The van der Waals surface area contributed by atoms with Gasteiger partial charge < -0.3 is 34.1 Å². The van der Waals surface area contributed by atoms with Crippen molar-refractivity contribution < 1.29 is 33.4 Å². The number of nitrogens with zero attached hydrogens (tertiary/aromatic N) is 7. The van der Waals surface area contributed by atoms with Gasteiger partial charge in [0.05, 0.1) is 46.9 Å². The Morgan fingerprint density at radius 2 is 1.87 bits per heavy atom. The molecule has 6 atom stereocenters. The molecule has 1 saturated carbocycles. The first-order chi connectivity index (χ1) is 31.7. The van der Waals surface area contributed by atoms with Crippen LogP contribution in [-0.2, 0) is 48.0 Å². The summed E-state index contributed by atoms with van der Waals surface area (Å²) in [6.07, 6.45) is 5.07. The molecule has 5 heterocycles. The summed E-state index contributed by atoms with van der Waals surface area (Å²) in [5.41, 5.74) is 9.39. The minimum atomic E-state index is -1.10. The van der Waals surface area contributed by atoms with Crippen LogP contribution in [0.2, 0.25) is 0 Å². The van der Waals surface area contributed by atoms with Crippen molar-refractivity contribution in [3.05, 3.63) is 70.8 Å². The number of esters is 1. The topological polar surface area (TPSA) is 172 Å². The SMILES string of the molecule is C=CC(=O)N(C)[C@@H]1C[C@H]1N(C)C(=O)N(C)[C@H](C(=O)N[C@H]1Cc2nc(cs2)-c2ccc3c(c2)c(c(-c2cccnc2[C@H](C)OC)n3CC)CC(C)(C)COC(=O)[C@@]2([SiH3])CCCN(N2)C1=O)C(C)C. The Bertz CT molecular complexity index is 2560. The summed E-state index contributed by atoms with van der Waals surface area (Å²) in [7, 11) is 6.97. The lowest BCUT2D eigenvalue weighted by Crippen LogP contribution is -2.67. The summed E-state index contributed by atoms with van der Waals surface area (Å²) in [5, 5.41) is 7.06. The van der Waals surface area contributed by atoms with Crippen molar-refractivity contribution in [1.29, 1.82) is 0 Å². The number of nitrogens with one attached hydrogen (secondary N) is 2. The van der Waals surface area contributed by atoms with Gasteiger partial charge in [-0.25, -0.2) is 15.2 Å². The van der Waals surface area contributed by atoms with Crippen molar-refractivity contribution in [2.75, 3.05) is 41.4 Å². The third-order valence-corrected chi connectivity index (χ3v) is 15.7. The van der Waals surface area contributed by atoms with Gasteiger partial charge in [0.1, 0.15) is 17.2 Å². The Morgan fingerprint density at radius 3 is 2.55 bits per heavy atom. The average molecular weight is 954 g/mol. The van der Waals surface area contributed by atoms with E-state index >= 15 is 0 Å². The van der Waals surface area contributed by atoms with Crippen LogP contribution in [-0.4, -0.2) is 145 Å². The summed E-state index contributed by atoms with van der Waals surface area (Å²) in [4.78, 5) is 84.3. The number of aromatic nitrogens is 3. The summed E-state index contributed by atoms with van der Waals surface area (Å²) in [5.74, 6) is -1.89. The van der Waals surface area contributed by atoms with E-state index in [4.69, 9.17) is 19.4 Å². The smallest absolute Gasteiger partial charge is 0.323 e. The second-order valence-electron chi connectivity index (χ2n) is 19.7. The van der Waals surface area contributed by atoms with Crippen LogP contribution in [0.25, 0.3) is 33.4 Å². The lowest BCUT2D eigenvalue weighted by atomic mass is 9.84. The highest BCUT2D eigenvalue weighted by molar-refractivity contribution is 7.10. The minimum absolute atomic E-state index is 0.0708. The van der Waals surface area contributed by atoms with E-state index in [-0.39, 0.29) is 49.1 Å². The fourth-order valence-corrected chi connectivity index (χ4v) is 11.4. The molecule has 2 fully saturated rings. The number of likely N-dealkylation sites (N-methyl/N-ethyl adjacent to an activating group) is 3. The molecule has 3 aromatic heterocycles. The Kier molecular flexibility index (Phi) is 14.5. The fourth-order valence-electron chi connectivity index (χ4n) is 9.82. The molecule has 67 heavy (non-hydrogen) atoms. The van der Waals surface area contributed by atoms with Crippen LogP contribution in [0.1, 0.15) is 83.2 Å². The fraction of sp³-hybridized carbons (Fsp3) is 0.531. The molecule has 1 saturated heterocycles. The lowest BCUT2D eigenvalue weighted by Gasteiger charge is -2.41. The maximum Gasteiger partial charge on any atom is 0.323 e. The molecule has 0 unspecified atom stereocenters. The number of pyridine rings is 1. The van der Waals surface area contributed by atoms with Gasteiger partial charge in [0.15, 0.2) is 0 Å². The zero-order valence-electron chi connectivity index (χ0n) is 40.8. The van der Waals surface area contributed by atoms with Gasteiger partial charge in [-0.2, -0.15) is 0 Å². The summed E-state index contributed by atoms with van der Waals surface area (Å²) < 4.78 is 14.4. The Labute approximate surface area is 400 Å². The number of thiazole rings is 1. The molecular formula is C49H67N9O7SSi. The largest absolute Gasteiger partial charge is 0.464 e. The van der Waals surface area contributed by atoms with Crippen LogP contribution in [0.15, 0.2) is 54.6 Å². The zero-order valence-corrected chi connectivity index (χ0v) is 43.7. The molecule has 4 aromatic rings. The van der Waals surface area contributed by atoms with Crippen molar-refractivity contribution in [2.24, 2.45) is 11.3 Å². The number of ether oxygens (including phenoxy) is 2. The second-order valence-corrected chi connectivity index (χ2v) is 22.3. The van der Waals surface area contributed by atoms with Gasteiger partial charge in [-0.15, -0.1) is 11.3 Å². The predicted octanol–water partition coefficient (Wildman–Crippen LogP) is 4.69. The third kappa shape index (κ3) is 9.94. The molecule has 7 rings (SSSR count). The molecule has 2 N–H and O–H groups in total. The number of hydrogen-bond donors (Lipinski definition) is 2. The summed E-state index contributed by atoms with van der Waals surface area (Å²) in [6, 6.07) is 7.62. The Hall–Kier alpha value is -5.43. The number of hydrogen-bond acceptors (Lipinski definition) is 11. The van der Waals surface area contributed by atoms with Crippen molar-refractivity contribution in [1.82, 2.24) is 45.0 Å². The number of aryl methyl sites for hydroxylation is 1. The number of benzene rings is 1. The van der Waals surface area contributed by atoms with Crippen LogP contribution in [0, 0.1) is 11.3 Å². The van der Waals surface area contributed by atoms with Gasteiger partial charge in [-0.3, -0.25) is 29.2 Å². The number of amides is 5. The van der Waals surface area contributed by atoms with Crippen LogP contribution < -0.4 is 10.7 Å². The van der Waals surface area contributed by atoms with Crippen molar-refractivity contribution in [3.8, 4) is 22.5 Å². The highest BCUT2D eigenvalue weighted by Crippen LogP contribution is 2.42. The predicted molar refractivity (Wildman–Crippen MR) is 263 cm³/mol. The van der Waals surface area contributed by atoms with E-state index in [9.17, 15) is 24.0 Å². The molecule has 2 aliphatic heterocycles. The second kappa shape index (κ2) is 19.7.